The molecule has 0 saturated carbocycles. The van der Waals surface area contributed by atoms with Crippen molar-refractivity contribution in [1.29, 1.82) is 0 Å². The summed E-state index contributed by atoms with van der Waals surface area (Å²) in [7, 11) is 0. The van der Waals surface area contributed by atoms with E-state index in [0.29, 0.717) is 6.04 Å². The van der Waals surface area contributed by atoms with Gasteiger partial charge in [0.1, 0.15) is 6.17 Å². The summed E-state index contributed by atoms with van der Waals surface area (Å²) in [5, 5.41) is 3.41. The van der Waals surface area contributed by atoms with Gasteiger partial charge in [-0.2, -0.15) is 0 Å². The Hall–Kier alpha value is -1.35. The number of carbonyl (C=O) groups excluding carboxylic acids is 1. The van der Waals surface area contributed by atoms with Crippen molar-refractivity contribution in [2.45, 2.75) is 58.8 Å². The van der Waals surface area contributed by atoms with Crippen molar-refractivity contribution in [3.05, 3.63) is 35.4 Å². The number of nitrogens with zero attached hydrogens (tertiary/aromatic N) is 1. The number of hydrogen-bond donors (Lipinski definition) is 1. The van der Waals surface area contributed by atoms with Gasteiger partial charge in [-0.3, -0.25) is 10.1 Å². The van der Waals surface area contributed by atoms with Gasteiger partial charge in [0.05, 0.1) is 6.04 Å². The van der Waals surface area contributed by atoms with E-state index < -0.39 is 0 Å². The Morgan fingerprint density at radius 3 is 2.32 bits per heavy atom. The number of rotatable bonds is 4. The van der Waals surface area contributed by atoms with Crippen molar-refractivity contribution in [1.82, 2.24) is 10.2 Å². The molecule has 2 atom stereocenters. The van der Waals surface area contributed by atoms with Crippen molar-refractivity contribution in [3.63, 3.8) is 0 Å². The zero-order chi connectivity index (χ0) is 14.0. The molecule has 3 heteroatoms. The van der Waals surface area contributed by atoms with Gasteiger partial charge in [-0.05, 0) is 32.3 Å². The lowest BCUT2D eigenvalue weighted by atomic mass is 10.1. The molecule has 0 aliphatic carbocycles. The summed E-state index contributed by atoms with van der Waals surface area (Å²) in [4.78, 5) is 14.4. The average Bonchev–Trinajstić information content (AvgIpc) is 2.70. The summed E-state index contributed by atoms with van der Waals surface area (Å²) >= 11 is 0. The van der Waals surface area contributed by atoms with Gasteiger partial charge in [-0.15, -0.1) is 0 Å². The predicted octanol–water partition coefficient (Wildman–Crippen LogP) is 3.00. The van der Waals surface area contributed by atoms with Gasteiger partial charge in [0.2, 0.25) is 5.91 Å². The van der Waals surface area contributed by atoms with Crippen LogP contribution in [-0.2, 0) is 4.79 Å². The zero-order valence-corrected chi connectivity index (χ0v) is 12.3. The number of nitrogens with one attached hydrogen (secondary N) is 1. The second-order valence-corrected chi connectivity index (χ2v) is 5.42. The first-order valence-corrected chi connectivity index (χ1v) is 7.23. The van der Waals surface area contributed by atoms with E-state index in [1.54, 1.807) is 0 Å². The highest BCUT2D eigenvalue weighted by Crippen LogP contribution is 2.29. The highest BCUT2D eigenvalue weighted by atomic mass is 16.2. The first-order chi connectivity index (χ1) is 9.08. The van der Waals surface area contributed by atoms with Crippen LogP contribution in [0.1, 0.15) is 50.9 Å². The van der Waals surface area contributed by atoms with E-state index in [1.165, 1.54) is 11.1 Å². The monoisotopic (exact) mass is 260 g/mol. The van der Waals surface area contributed by atoms with Crippen molar-refractivity contribution in [2.24, 2.45) is 0 Å². The van der Waals surface area contributed by atoms with Gasteiger partial charge in [0, 0.05) is 6.04 Å². The van der Waals surface area contributed by atoms with E-state index >= 15 is 0 Å². The van der Waals surface area contributed by atoms with Gasteiger partial charge in [-0.25, -0.2) is 0 Å². The molecule has 0 bridgehead atoms. The lowest BCUT2D eigenvalue weighted by Gasteiger charge is -2.32. The van der Waals surface area contributed by atoms with Crippen molar-refractivity contribution < 1.29 is 4.79 Å². The van der Waals surface area contributed by atoms with Crippen LogP contribution >= 0.6 is 0 Å². The Bertz CT molecular complexity index is 437. The maximum Gasteiger partial charge on any atom is 0.241 e. The topological polar surface area (TPSA) is 32.3 Å². The Kier molecular flexibility index (Phi) is 4.25. The summed E-state index contributed by atoms with van der Waals surface area (Å²) in [6.45, 7) is 8.33. The molecule has 1 aromatic rings. The minimum Gasteiger partial charge on any atom is -0.319 e. The van der Waals surface area contributed by atoms with Gasteiger partial charge in [0.25, 0.3) is 0 Å². The summed E-state index contributed by atoms with van der Waals surface area (Å²) in [5.41, 5.74) is 2.42. The fourth-order valence-electron chi connectivity index (χ4n) is 2.82. The standard InChI is InChI=1S/C16H24N2O/c1-5-14(6-2)18-15(17-12(4)16(18)19)13-9-7-11(3)8-10-13/h7-10,12,14-15,17H,5-6H2,1-4H3. The van der Waals surface area contributed by atoms with Gasteiger partial charge < -0.3 is 4.90 Å². The summed E-state index contributed by atoms with van der Waals surface area (Å²) in [6.07, 6.45) is 2.02. The highest BCUT2D eigenvalue weighted by Gasteiger charge is 2.39. The Morgan fingerprint density at radius 2 is 1.79 bits per heavy atom. The number of carbonyl (C=O) groups is 1. The second kappa shape index (κ2) is 5.74. The number of hydrogen-bond acceptors (Lipinski definition) is 2. The Morgan fingerprint density at radius 1 is 1.21 bits per heavy atom. The normalized spacial score (nSPS) is 23.4. The number of benzene rings is 1. The third kappa shape index (κ3) is 2.66. The van der Waals surface area contributed by atoms with E-state index in [2.05, 4.69) is 50.4 Å². The summed E-state index contributed by atoms with van der Waals surface area (Å²) in [6, 6.07) is 8.68. The zero-order valence-electron chi connectivity index (χ0n) is 12.3. The van der Waals surface area contributed by atoms with Crippen LogP contribution in [0.2, 0.25) is 0 Å². The van der Waals surface area contributed by atoms with Crippen LogP contribution in [-0.4, -0.2) is 22.9 Å². The van der Waals surface area contributed by atoms with Crippen LogP contribution in [0.25, 0.3) is 0 Å². The van der Waals surface area contributed by atoms with Crippen LogP contribution in [0.3, 0.4) is 0 Å². The molecule has 1 N–H and O–H groups in total. The van der Waals surface area contributed by atoms with Crippen molar-refractivity contribution in [2.75, 3.05) is 0 Å². The molecule has 1 heterocycles. The molecule has 1 aliphatic heterocycles. The van der Waals surface area contributed by atoms with E-state index in [9.17, 15) is 4.79 Å². The SMILES string of the molecule is CCC(CC)N1C(=O)C(C)NC1c1ccc(C)cc1. The maximum absolute atomic E-state index is 12.4. The molecular weight excluding hydrogens is 236 g/mol. The minimum atomic E-state index is -0.0908. The quantitative estimate of drug-likeness (QED) is 0.902. The lowest BCUT2D eigenvalue weighted by molar-refractivity contribution is -0.132. The molecule has 1 aliphatic rings. The molecule has 0 spiro atoms. The van der Waals surface area contributed by atoms with Crippen molar-refractivity contribution in [3.8, 4) is 0 Å². The third-order valence-corrected chi connectivity index (χ3v) is 4.04. The lowest BCUT2D eigenvalue weighted by Crippen LogP contribution is -2.39. The third-order valence-electron chi connectivity index (χ3n) is 4.04. The average molecular weight is 260 g/mol. The minimum absolute atomic E-state index is 0.0213. The van der Waals surface area contributed by atoms with Gasteiger partial charge in [0.15, 0.2) is 0 Å². The fourth-order valence-corrected chi connectivity index (χ4v) is 2.82. The number of aryl methyl sites for hydroxylation is 1. The molecule has 19 heavy (non-hydrogen) atoms. The maximum atomic E-state index is 12.4. The van der Waals surface area contributed by atoms with Crippen molar-refractivity contribution >= 4 is 5.91 Å². The van der Waals surface area contributed by atoms with Crippen LogP contribution in [0.15, 0.2) is 24.3 Å². The first kappa shape index (κ1) is 14.1. The fraction of sp³-hybridized carbons (Fsp3) is 0.562. The largest absolute Gasteiger partial charge is 0.319 e. The van der Waals surface area contributed by atoms with Gasteiger partial charge >= 0.3 is 0 Å². The van der Waals surface area contributed by atoms with E-state index in [1.807, 2.05) is 11.8 Å². The molecule has 0 aromatic heterocycles. The molecule has 1 amide bonds. The van der Waals surface area contributed by atoms with Crippen LogP contribution < -0.4 is 5.32 Å². The Balaban J connectivity index is 2.31. The molecule has 1 fully saturated rings. The number of amides is 1. The first-order valence-electron chi connectivity index (χ1n) is 7.23. The molecule has 104 valence electrons. The van der Waals surface area contributed by atoms with E-state index in [-0.39, 0.29) is 18.1 Å². The molecule has 3 nitrogen and oxygen atoms in total. The molecule has 1 saturated heterocycles. The van der Waals surface area contributed by atoms with Crippen LogP contribution in [0, 0.1) is 6.92 Å². The van der Waals surface area contributed by atoms with Crippen LogP contribution in [0.4, 0.5) is 0 Å². The molecular formula is C16H24N2O. The predicted molar refractivity (Wildman–Crippen MR) is 77.7 cm³/mol. The molecule has 0 radical (unpaired) electrons. The van der Waals surface area contributed by atoms with E-state index in [0.717, 1.165) is 12.8 Å². The summed E-state index contributed by atoms with van der Waals surface area (Å²) < 4.78 is 0. The second-order valence-electron chi connectivity index (χ2n) is 5.42. The molecule has 2 rings (SSSR count). The van der Waals surface area contributed by atoms with Gasteiger partial charge in [-0.1, -0.05) is 43.7 Å². The van der Waals surface area contributed by atoms with Crippen LogP contribution in [0.5, 0.6) is 0 Å². The summed E-state index contributed by atoms with van der Waals surface area (Å²) in [5.74, 6) is 0.222. The highest BCUT2D eigenvalue weighted by molar-refractivity contribution is 5.84. The van der Waals surface area contributed by atoms with E-state index in [4.69, 9.17) is 0 Å². The Labute approximate surface area is 116 Å². The molecule has 1 aromatic carbocycles. The molecule has 2 unspecified atom stereocenters. The smallest absolute Gasteiger partial charge is 0.241 e.